The minimum atomic E-state index is -0.328. The van der Waals surface area contributed by atoms with Gasteiger partial charge in [0.25, 0.3) is 0 Å². The molecule has 2 fully saturated rings. The van der Waals surface area contributed by atoms with E-state index in [1.54, 1.807) is 0 Å². The van der Waals surface area contributed by atoms with E-state index in [4.69, 9.17) is 4.74 Å². The number of aliphatic hydroxyl groups is 1. The van der Waals surface area contributed by atoms with Crippen LogP contribution in [0.5, 0.6) is 0 Å². The van der Waals surface area contributed by atoms with E-state index in [-0.39, 0.29) is 18.1 Å². The smallest absolute Gasteiger partial charge is 0.317 e. The van der Waals surface area contributed by atoms with Gasteiger partial charge in [0.15, 0.2) is 0 Å². The van der Waals surface area contributed by atoms with Crippen LogP contribution in [0.15, 0.2) is 30.3 Å². The first-order valence-corrected chi connectivity index (χ1v) is 10.3. The third-order valence-corrected chi connectivity index (χ3v) is 5.69. The zero-order valence-corrected chi connectivity index (χ0v) is 16.2. The van der Waals surface area contributed by atoms with Crippen LogP contribution in [0.1, 0.15) is 24.8 Å². The third kappa shape index (κ3) is 6.48. The average Bonchev–Trinajstić information content (AvgIpc) is 2.72. The lowest BCUT2D eigenvalue weighted by molar-refractivity contribution is 0.0374. The monoisotopic (exact) mass is 375 g/mol. The molecular formula is C21H33N3O3. The first-order chi connectivity index (χ1) is 13.2. The maximum Gasteiger partial charge on any atom is 0.317 e. The number of nitrogens with zero attached hydrogens (tertiary/aromatic N) is 2. The van der Waals surface area contributed by atoms with Crippen LogP contribution in [0.2, 0.25) is 0 Å². The van der Waals surface area contributed by atoms with Gasteiger partial charge in [0.2, 0.25) is 0 Å². The van der Waals surface area contributed by atoms with Gasteiger partial charge in [-0.25, -0.2) is 4.79 Å². The summed E-state index contributed by atoms with van der Waals surface area (Å²) in [6.07, 6.45) is 3.08. The van der Waals surface area contributed by atoms with Gasteiger partial charge < -0.3 is 20.1 Å². The molecule has 2 aliphatic rings. The average molecular weight is 376 g/mol. The molecule has 0 unspecified atom stereocenters. The van der Waals surface area contributed by atoms with Crippen molar-refractivity contribution in [2.24, 2.45) is 5.92 Å². The van der Waals surface area contributed by atoms with Gasteiger partial charge in [0.05, 0.1) is 19.3 Å². The number of carbonyl (C=O) groups is 1. The van der Waals surface area contributed by atoms with Gasteiger partial charge in [0, 0.05) is 32.7 Å². The number of nitrogens with one attached hydrogen (secondary N) is 1. The Labute approximate surface area is 162 Å². The fourth-order valence-electron chi connectivity index (χ4n) is 3.94. The summed E-state index contributed by atoms with van der Waals surface area (Å²) < 4.78 is 5.35. The number of rotatable bonds is 7. The van der Waals surface area contributed by atoms with Crippen molar-refractivity contribution < 1.29 is 14.6 Å². The van der Waals surface area contributed by atoms with E-state index < -0.39 is 0 Å². The highest BCUT2D eigenvalue weighted by atomic mass is 16.5. The van der Waals surface area contributed by atoms with Crippen molar-refractivity contribution in [3.63, 3.8) is 0 Å². The molecule has 150 valence electrons. The van der Waals surface area contributed by atoms with Crippen molar-refractivity contribution in [2.45, 2.75) is 31.8 Å². The Morgan fingerprint density at radius 2 is 1.85 bits per heavy atom. The predicted octanol–water partition coefficient (Wildman–Crippen LogP) is 1.73. The van der Waals surface area contributed by atoms with E-state index in [2.05, 4.69) is 22.3 Å². The molecule has 0 saturated carbocycles. The van der Waals surface area contributed by atoms with E-state index in [1.165, 1.54) is 5.56 Å². The Kier molecular flexibility index (Phi) is 7.93. The standard InChI is InChI=1S/C21H33N3O3/c25-20(17-18-5-2-1-3-6-18)19-7-11-24(12-8-19)21(26)22-9-4-10-23-13-15-27-16-14-23/h1-3,5-6,19-20,25H,4,7-17H2,(H,22,26)/t20-/m0/s1. The highest BCUT2D eigenvalue weighted by Gasteiger charge is 2.27. The summed E-state index contributed by atoms with van der Waals surface area (Å²) in [5.74, 6) is 0.274. The van der Waals surface area contributed by atoms with Gasteiger partial charge >= 0.3 is 6.03 Å². The van der Waals surface area contributed by atoms with Gasteiger partial charge in [0.1, 0.15) is 0 Å². The van der Waals surface area contributed by atoms with E-state index >= 15 is 0 Å². The minimum Gasteiger partial charge on any atom is -0.392 e. The number of carbonyl (C=O) groups excluding carboxylic acids is 1. The van der Waals surface area contributed by atoms with Gasteiger partial charge in [-0.05, 0) is 43.7 Å². The van der Waals surface area contributed by atoms with Gasteiger partial charge in [-0.3, -0.25) is 4.90 Å². The fraction of sp³-hybridized carbons (Fsp3) is 0.667. The lowest BCUT2D eigenvalue weighted by Gasteiger charge is -2.34. The van der Waals surface area contributed by atoms with Crippen LogP contribution in [0.25, 0.3) is 0 Å². The number of hydrogen-bond donors (Lipinski definition) is 2. The topological polar surface area (TPSA) is 65.0 Å². The molecule has 0 radical (unpaired) electrons. The molecule has 0 aliphatic carbocycles. The fourth-order valence-corrected chi connectivity index (χ4v) is 3.94. The lowest BCUT2D eigenvalue weighted by Crippen LogP contribution is -2.46. The summed E-state index contributed by atoms with van der Waals surface area (Å²) in [4.78, 5) is 16.6. The van der Waals surface area contributed by atoms with Crippen LogP contribution in [0.4, 0.5) is 4.79 Å². The lowest BCUT2D eigenvalue weighted by atomic mass is 9.88. The van der Waals surface area contributed by atoms with Crippen molar-refractivity contribution in [1.29, 1.82) is 0 Å². The molecule has 2 amide bonds. The van der Waals surface area contributed by atoms with Crippen LogP contribution in [0, 0.1) is 5.92 Å². The first kappa shape index (κ1) is 20.1. The molecule has 6 nitrogen and oxygen atoms in total. The van der Waals surface area contributed by atoms with Crippen molar-refractivity contribution in [3.8, 4) is 0 Å². The van der Waals surface area contributed by atoms with Crippen molar-refractivity contribution in [2.75, 3.05) is 52.5 Å². The molecule has 2 saturated heterocycles. The van der Waals surface area contributed by atoms with Crippen molar-refractivity contribution >= 4 is 6.03 Å². The second-order valence-electron chi connectivity index (χ2n) is 7.62. The van der Waals surface area contributed by atoms with E-state index in [0.717, 1.165) is 65.2 Å². The number of amides is 2. The SMILES string of the molecule is O=C(NCCCN1CCOCC1)N1CCC([C@@H](O)Cc2ccccc2)CC1. The van der Waals surface area contributed by atoms with Gasteiger partial charge in [-0.1, -0.05) is 30.3 Å². The number of morpholine rings is 1. The Hall–Kier alpha value is -1.63. The van der Waals surface area contributed by atoms with Crippen LogP contribution < -0.4 is 5.32 Å². The second-order valence-corrected chi connectivity index (χ2v) is 7.62. The summed E-state index contributed by atoms with van der Waals surface area (Å²) in [6.45, 7) is 6.80. The summed E-state index contributed by atoms with van der Waals surface area (Å²) in [5, 5.41) is 13.6. The molecule has 2 N–H and O–H groups in total. The largest absolute Gasteiger partial charge is 0.392 e. The molecule has 1 atom stereocenters. The quantitative estimate of drug-likeness (QED) is 0.713. The van der Waals surface area contributed by atoms with Gasteiger partial charge in [-0.2, -0.15) is 0 Å². The summed E-state index contributed by atoms with van der Waals surface area (Å²) >= 11 is 0. The number of urea groups is 1. The highest BCUT2D eigenvalue weighted by molar-refractivity contribution is 5.74. The molecule has 1 aromatic carbocycles. The summed E-state index contributed by atoms with van der Waals surface area (Å²) in [5.41, 5.74) is 1.17. The Morgan fingerprint density at radius 3 is 2.56 bits per heavy atom. The number of aliphatic hydroxyl groups excluding tert-OH is 1. The van der Waals surface area contributed by atoms with Gasteiger partial charge in [-0.15, -0.1) is 0 Å². The molecule has 6 heteroatoms. The van der Waals surface area contributed by atoms with E-state index in [9.17, 15) is 9.90 Å². The normalized spacial score (nSPS) is 20.4. The predicted molar refractivity (Wildman–Crippen MR) is 106 cm³/mol. The zero-order valence-electron chi connectivity index (χ0n) is 16.2. The summed E-state index contributed by atoms with van der Waals surface area (Å²) in [6, 6.07) is 10.2. The van der Waals surface area contributed by atoms with Crippen LogP contribution in [-0.2, 0) is 11.2 Å². The van der Waals surface area contributed by atoms with Crippen LogP contribution >= 0.6 is 0 Å². The maximum atomic E-state index is 12.3. The second kappa shape index (κ2) is 10.6. The Balaban J connectivity index is 1.30. The number of benzene rings is 1. The molecule has 27 heavy (non-hydrogen) atoms. The zero-order chi connectivity index (χ0) is 18.9. The molecule has 2 heterocycles. The van der Waals surface area contributed by atoms with Crippen molar-refractivity contribution in [1.82, 2.24) is 15.1 Å². The Bertz CT molecular complexity index is 555. The molecule has 0 aromatic heterocycles. The molecular weight excluding hydrogens is 342 g/mol. The van der Waals surface area contributed by atoms with E-state index in [0.29, 0.717) is 13.0 Å². The summed E-state index contributed by atoms with van der Waals surface area (Å²) in [7, 11) is 0. The number of piperidine rings is 1. The first-order valence-electron chi connectivity index (χ1n) is 10.3. The minimum absolute atomic E-state index is 0.0352. The van der Waals surface area contributed by atoms with E-state index in [1.807, 2.05) is 23.1 Å². The number of hydrogen-bond acceptors (Lipinski definition) is 4. The highest BCUT2D eigenvalue weighted by Crippen LogP contribution is 2.23. The molecule has 2 aliphatic heterocycles. The van der Waals surface area contributed by atoms with Crippen LogP contribution in [0.3, 0.4) is 0 Å². The molecule has 0 spiro atoms. The maximum absolute atomic E-state index is 12.3. The molecule has 3 rings (SSSR count). The van der Waals surface area contributed by atoms with Crippen LogP contribution in [-0.4, -0.2) is 79.5 Å². The van der Waals surface area contributed by atoms with Crippen molar-refractivity contribution in [3.05, 3.63) is 35.9 Å². The Morgan fingerprint density at radius 1 is 1.15 bits per heavy atom. The number of likely N-dealkylation sites (tertiary alicyclic amines) is 1. The number of ether oxygens (including phenoxy) is 1. The third-order valence-electron chi connectivity index (χ3n) is 5.69. The molecule has 1 aromatic rings. The molecule has 0 bridgehead atoms.